The third-order valence-corrected chi connectivity index (χ3v) is 7.41. The van der Waals surface area contributed by atoms with E-state index in [1.165, 1.54) is 51.4 Å². The van der Waals surface area contributed by atoms with Gasteiger partial charge in [0.2, 0.25) is 0 Å². The van der Waals surface area contributed by atoms with E-state index in [9.17, 15) is 9.90 Å². The molecule has 0 aromatic rings. The SMILES string of the molecule is O=C(O)C1CCC2CCC3CCCC4CCC(C1)C2C34. The zero-order chi connectivity index (χ0) is 13.7. The van der Waals surface area contributed by atoms with Gasteiger partial charge < -0.3 is 5.11 Å². The molecule has 0 aromatic heterocycles. The van der Waals surface area contributed by atoms with E-state index in [4.69, 9.17) is 0 Å². The minimum atomic E-state index is -0.522. The zero-order valence-corrected chi connectivity index (χ0v) is 12.5. The van der Waals surface area contributed by atoms with E-state index in [1.807, 2.05) is 0 Å². The third-order valence-electron chi connectivity index (χ3n) is 7.41. The summed E-state index contributed by atoms with van der Waals surface area (Å²) < 4.78 is 0. The molecule has 0 aliphatic heterocycles. The van der Waals surface area contributed by atoms with Crippen LogP contribution in [0.25, 0.3) is 0 Å². The van der Waals surface area contributed by atoms with E-state index in [0.717, 1.165) is 48.3 Å². The molecule has 2 nitrogen and oxygen atoms in total. The molecule has 0 bridgehead atoms. The van der Waals surface area contributed by atoms with Gasteiger partial charge >= 0.3 is 5.97 Å². The average Bonchev–Trinajstić information content (AvgIpc) is 2.65. The predicted molar refractivity (Wildman–Crippen MR) is 78.2 cm³/mol. The molecule has 4 aliphatic carbocycles. The molecule has 4 rings (SSSR count). The smallest absolute Gasteiger partial charge is 0.306 e. The van der Waals surface area contributed by atoms with Gasteiger partial charge in [-0.05, 0) is 80.5 Å². The molecule has 0 saturated heterocycles. The van der Waals surface area contributed by atoms with Crippen molar-refractivity contribution in [3.05, 3.63) is 0 Å². The predicted octanol–water partition coefficient (Wildman–Crippen LogP) is 4.34. The van der Waals surface area contributed by atoms with Crippen LogP contribution in [0.5, 0.6) is 0 Å². The minimum absolute atomic E-state index is 0.0378. The molecule has 7 unspecified atom stereocenters. The summed E-state index contributed by atoms with van der Waals surface area (Å²) in [5, 5.41) is 9.46. The van der Waals surface area contributed by atoms with Gasteiger partial charge in [-0.3, -0.25) is 4.79 Å². The quantitative estimate of drug-likeness (QED) is 0.773. The van der Waals surface area contributed by atoms with E-state index < -0.39 is 5.97 Å². The van der Waals surface area contributed by atoms with Crippen molar-refractivity contribution < 1.29 is 9.90 Å². The zero-order valence-electron chi connectivity index (χ0n) is 12.5. The summed E-state index contributed by atoms with van der Waals surface area (Å²) in [6.45, 7) is 0. The normalized spacial score (nSPS) is 50.9. The first-order valence-electron chi connectivity index (χ1n) is 8.97. The Morgan fingerprint density at radius 2 is 1.20 bits per heavy atom. The Labute approximate surface area is 122 Å². The Kier molecular flexibility index (Phi) is 3.31. The molecular formula is C18H28O2. The summed E-state index contributed by atoms with van der Waals surface area (Å²) in [5.74, 6) is 4.93. The second-order valence-electron chi connectivity index (χ2n) is 8.13. The van der Waals surface area contributed by atoms with E-state index in [-0.39, 0.29) is 5.92 Å². The fraction of sp³-hybridized carbons (Fsp3) is 0.944. The summed E-state index contributed by atoms with van der Waals surface area (Å²) in [6, 6.07) is 0. The lowest BCUT2D eigenvalue weighted by molar-refractivity contribution is -0.142. The number of hydrogen-bond donors (Lipinski definition) is 1. The molecule has 0 amide bonds. The van der Waals surface area contributed by atoms with Gasteiger partial charge in [0.1, 0.15) is 0 Å². The van der Waals surface area contributed by atoms with Gasteiger partial charge in [0.05, 0.1) is 5.92 Å². The lowest BCUT2D eigenvalue weighted by Gasteiger charge is -2.55. The molecule has 4 aliphatic rings. The monoisotopic (exact) mass is 276 g/mol. The maximum absolute atomic E-state index is 11.5. The van der Waals surface area contributed by atoms with E-state index in [1.54, 1.807) is 0 Å². The largest absolute Gasteiger partial charge is 0.481 e. The molecule has 4 saturated carbocycles. The van der Waals surface area contributed by atoms with Crippen LogP contribution in [0.2, 0.25) is 0 Å². The maximum atomic E-state index is 11.5. The standard InChI is InChI=1S/C18H28O2/c19-18(20)15-9-7-13-5-4-11-2-1-3-12-6-8-14(10-15)17(13)16(11)12/h11-17H,1-10H2,(H,19,20). The van der Waals surface area contributed by atoms with Crippen molar-refractivity contribution >= 4 is 5.97 Å². The Morgan fingerprint density at radius 1 is 0.700 bits per heavy atom. The molecule has 0 aromatic carbocycles. The molecule has 2 heteroatoms. The number of carboxylic acid groups (broad SMARTS) is 1. The second-order valence-corrected chi connectivity index (χ2v) is 8.13. The van der Waals surface area contributed by atoms with Crippen molar-refractivity contribution in [1.82, 2.24) is 0 Å². The highest BCUT2D eigenvalue weighted by Gasteiger charge is 2.51. The Morgan fingerprint density at radius 3 is 1.85 bits per heavy atom. The van der Waals surface area contributed by atoms with Gasteiger partial charge in [-0.25, -0.2) is 0 Å². The Balaban J connectivity index is 1.63. The summed E-state index contributed by atoms with van der Waals surface area (Å²) >= 11 is 0. The van der Waals surface area contributed by atoms with Crippen molar-refractivity contribution in [2.24, 2.45) is 41.4 Å². The van der Waals surface area contributed by atoms with Crippen LogP contribution in [0, 0.1) is 41.4 Å². The van der Waals surface area contributed by atoms with Gasteiger partial charge in [-0.15, -0.1) is 0 Å². The Hall–Kier alpha value is -0.530. The third kappa shape index (κ3) is 2.02. The number of hydrogen-bond acceptors (Lipinski definition) is 1. The van der Waals surface area contributed by atoms with Crippen molar-refractivity contribution in [3.63, 3.8) is 0 Å². The van der Waals surface area contributed by atoms with Crippen LogP contribution in [0.4, 0.5) is 0 Å². The molecule has 0 heterocycles. The van der Waals surface area contributed by atoms with Gasteiger partial charge in [0, 0.05) is 0 Å². The molecule has 112 valence electrons. The van der Waals surface area contributed by atoms with Crippen LogP contribution in [-0.2, 0) is 4.79 Å². The lowest BCUT2D eigenvalue weighted by atomic mass is 9.50. The van der Waals surface area contributed by atoms with Gasteiger partial charge in [0.15, 0.2) is 0 Å². The number of aliphatic carboxylic acids is 1. The van der Waals surface area contributed by atoms with Crippen LogP contribution in [-0.4, -0.2) is 11.1 Å². The average molecular weight is 276 g/mol. The number of carbonyl (C=O) groups is 1. The molecule has 0 spiro atoms. The van der Waals surface area contributed by atoms with Crippen LogP contribution >= 0.6 is 0 Å². The summed E-state index contributed by atoms with van der Waals surface area (Å²) in [5.41, 5.74) is 0. The summed E-state index contributed by atoms with van der Waals surface area (Å²) in [4.78, 5) is 11.5. The highest BCUT2D eigenvalue weighted by molar-refractivity contribution is 5.70. The highest BCUT2D eigenvalue weighted by atomic mass is 16.4. The van der Waals surface area contributed by atoms with Crippen LogP contribution in [0.1, 0.15) is 64.2 Å². The van der Waals surface area contributed by atoms with Gasteiger partial charge in [0.25, 0.3) is 0 Å². The molecule has 4 fully saturated rings. The van der Waals surface area contributed by atoms with Gasteiger partial charge in [-0.2, -0.15) is 0 Å². The first kappa shape index (κ1) is 13.2. The first-order chi connectivity index (χ1) is 9.74. The molecular weight excluding hydrogens is 248 g/mol. The Bertz CT molecular complexity index is 385. The second kappa shape index (κ2) is 5.03. The lowest BCUT2D eigenvalue weighted by Crippen LogP contribution is -2.47. The fourth-order valence-corrected chi connectivity index (χ4v) is 6.70. The molecule has 0 radical (unpaired) electrons. The highest BCUT2D eigenvalue weighted by Crippen LogP contribution is 2.59. The molecule has 20 heavy (non-hydrogen) atoms. The fourth-order valence-electron chi connectivity index (χ4n) is 6.70. The van der Waals surface area contributed by atoms with E-state index in [2.05, 4.69) is 0 Å². The number of carboxylic acids is 1. The topological polar surface area (TPSA) is 37.3 Å². The molecule has 1 N–H and O–H groups in total. The van der Waals surface area contributed by atoms with Crippen molar-refractivity contribution in [3.8, 4) is 0 Å². The first-order valence-corrected chi connectivity index (χ1v) is 8.97. The van der Waals surface area contributed by atoms with E-state index in [0.29, 0.717) is 0 Å². The van der Waals surface area contributed by atoms with Crippen LogP contribution in [0.15, 0.2) is 0 Å². The summed E-state index contributed by atoms with van der Waals surface area (Å²) in [7, 11) is 0. The van der Waals surface area contributed by atoms with Crippen molar-refractivity contribution in [2.45, 2.75) is 64.2 Å². The van der Waals surface area contributed by atoms with Crippen molar-refractivity contribution in [1.29, 1.82) is 0 Å². The van der Waals surface area contributed by atoms with Crippen LogP contribution in [0.3, 0.4) is 0 Å². The van der Waals surface area contributed by atoms with Gasteiger partial charge in [-0.1, -0.05) is 19.3 Å². The minimum Gasteiger partial charge on any atom is -0.481 e. The molecule has 7 atom stereocenters. The summed E-state index contributed by atoms with van der Waals surface area (Å²) in [6.07, 6.45) is 13.1. The van der Waals surface area contributed by atoms with E-state index >= 15 is 0 Å². The maximum Gasteiger partial charge on any atom is 0.306 e. The van der Waals surface area contributed by atoms with Crippen molar-refractivity contribution in [2.75, 3.05) is 0 Å². The number of rotatable bonds is 1. The van der Waals surface area contributed by atoms with Crippen LogP contribution < -0.4 is 0 Å².